The number of oxazole rings is 1. The lowest BCUT2D eigenvalue weighted by molar-refractivity contribution is 0.500. The fraction of sp³-hybridized carbons (Fsp3) is 0.250. The summed E-state index contributed by atoms with van der Waals surface area (Å²) in [4.78, 5) is 4.31. The fourth-order valence-electron chi connectivity index (χ4n) is 0.327. The van der Waals surface area contributed by atoms with Crippen LogP contribution in [0.1, 0.15) is 5.76 Å². The van der Waals surface area contributed by atoms with Gasteiger partial charge in [0, 0.05) is 15.9 Å². The lowest BCUT2D eigenvalue weighted by Gasteiger charge is -1.71. The molecule has 0 aromatic carbocycles. The Morgan fingerprint density at radius 2 is 2.38 bits per heavy atom. The van der Waals surface area contributed by atoms with Crippen LogP contribution in [-0.2, 0) is 0 Å². The first kappa shape index (κ1) is 7.98. The quantitative estimate of drug-likeness (QED) is 0.638. The van der Waals surface area contributed by atoms with Gasteiger partial charge in [0.05, 0.1) is 6.20 Å². The lowest BCUT2D eigenvalue weighted by Crippen LogP contribution is -1.51. The van der Waals surface area contributed by atoms with Crippen LogP contribution in [-0.4, -0.2) is 4.98 Å². The van der Waals surface area contributed by atoms with Gasteiger partial charge in [0.25, 0.3) is 4.80 Å². The molecule has 0 spiro atoms. The second-order valence-electron chi connectivity index (χ2n) is 1.22. The first-order chi connectivity index (χ1) is 3.29. The summed E-state index contributed by atoms with van der Waals surface area (Å²) in [6.07, 6.45) is 1.66. The minimum atomic E-state index is 0. The van der Waals surface area contributed by atoms with Crippen LogP contribution in [0.15, 0.2) is 15.4 Å². The number of hydrogen-bond donors (Lipinski definition) is 0. The van der Waals surface area contributed by atoms with Crippen LogP contribution >= 0.6 is 28.3 Å². The highest BCUT2D eigenvalue weighted by Gasteiger charge is 1.89. The smallest absolute Gasteiger partial charge is 0.264 e. The van der Waals surface area contributed by atoms with E-state index in [1.165, 1.54) is 0 Å². The van der Waals surface area contributed by atoms with E-state index in [0.29, 0.717) is 4.80 Å². The fourth-order valence-corrected chi connectivity index (χ4v) is 0.685. The molecule has 0 radical (unpaired) electrons. The molecule has 2 nitrogen and oxygen atoms in total. The number of nitrogens with zero attached hydrogens (tertiary/aromatic N) is 1. The number of aryl methyl sites for hydroxylation is 1. The number of halogens is 2. The summed E-state index contributed by atoms with van der Waals surface area (Å²) in [5, 5.41) is 0. The van der Waals surface area contributed by atoms with Crippen LogP contribution in [0.2, 0.25) is 0 Å². The molecule has 0 amide bonds. The molecular weight excluding hydrogens is 193 g/mol. The van der Waals surface area contributed by atoms with Gasteiger partial charge < -0.3 is 4.42 Å². The molecule has 0 saturated carbocycles. The predicted molar refractivity (Wildman–Crippen MR) is 36.2 cm³/mol. The SMILES string of the molecule is Cc1cnc(Br)o1.Cl. The third-order valence-electron chi connectivity index (χ3n) is 0.593. The zero-order valence-corrected chi connectivity index (χ0v) is 6.62. The van der Waals surface area contributed by atoms with E-state index in [1.807, 2.05) is 6.92 Å². The van der Waals surface area contributed by atoms with Crippen molar-refractivity contribution in [3.05, 3.63) is 16.8 Å². The summed E-state index contributed by atoms with van der Waals surface area (Å²) in [7, 11) is 0. The van der Waals surface area contributed by atoms with Crippen LogP contribution in [0.5, 0.6) is 0 Å². The van der Waals surface area contributed by atoms with Gasteiger partial charge in [0.1, 0.15) is 5.76 Å². The van der Waals surface area contributed by atoms with Crippen LogP contribution in [0.3, 0.4) is 0 Å². The highest BCUT2D eigenvalue weighted by molar-refractivity contribution is 9.10. The summed E-state index contributed by atoms with van der Waals surface area (Å²) in [5.41, 5.74) is 0. The molecule has 0 N–H and O–H groups in total. The Balaban J connectivity index is 0.000000490. The van der Waals surface area contributed by atoms with Crippen LogP contribution in [0.25, 0.3) is 0 Å². The molecule has 0 saturated heterocycles. The molecule has 0 atom stereocenters. The zero-order valence-electron chi connectivity index (χ0n) is 4.22. The largest absolute Gasteiger partial charge is 0.437 e. The molecule has 1 aromatic heterocycles. The summed E-state index contributed by atoms with van der Waals surface area (Å²) in [5.74, 6) is 0.826. The van der Waals surface area contributed by atoms with Gasteiger partial charge in [0.2, 0.25) is 0 Å². The minimum Gasteiger partial charge on any atom is -0.437 e. The topological polar surface area (TPSA) is 26.0 Å². The van der Waals surface area contributed by atoms with Crippen molar-refractivity contribution in [3.8, 4) is 0 Å². The van der Waals surface area contributed by atoms with Gasteiger partial charge in [0.15, 0.2) is 0 Å². The maximum absolute atomic E-state index is 4.89. The molecule has 0 fully saturated rings. The second-order valence-corrected chi connectivity index (χ2v) is 1.90. The number of rotatable bonds is 0. The Labute approximate surface area is 61.8 Å². The van der Waals surface area contributed by atoms with Crippen LogP contribution in [0, 0.1) is 6.92 Å². The Bertz CT molecular complexity index is 148. The van der Waals surface area contributed by atoms with E-state index in [4.69, 9.17) is 4.42 Å². The summed E-state index contributed by atoms with van der Waals surface area (Å²) in [6.45, 7) is 1.84. The van der Waals surface area contributed by atoms with E-state index in [2.05, 4.69) is 20.9 Å². The predicted octanol–water partition coefficient (Wildman–Crippen LogP) is 2.17. The van der Waals surface area contributed by atoms with Crippen molar-refractivity contribution < 1.29 is 4.42 Å². The van der Waals surface area contributed by atoms with Gasteiger partial charge in [-0.25, -0.2) is 4.98 Å². The van der Waals surface area contributed by atoms with Crippen molar-refractivity contribution in [1.82, 2.24) is 4.98 Å². The maximum atomic E-state index is 4.89. The zero-order chi connectivity index (χ0) is 5.28. The van der Waals surface area contributed by atoms with Crippen LogP contribution < -0.4 is 0 Å². The van der Waals surface area contributed by atoms with Gasteiger partial charge >= 0.3 is 0 Å². The second kappa shape index (κ2) is 3.10. The standard InChI is InChI=1S/C4H4BrNO.ClH/c1-3-2-6-4(5)7-3;/h2H,1H3;1H. The monoisotopic (exact) mass is 197 g/mol. The molecule has 46 valence electrons. The molecule has 1 heterocycles. The van der Waals surface area contributed by atoms with E-state index in [9.17, 15) is 0 Å². The Kier molecular flexibility index (Phi) is 3.09. The van der Waals surface area contributed by atoms with Crippen molar-refractivity contribution in [2.45, 2.75) is 6.92 Å². The summed E-state index contributed by atoms with van der Waals surface area (Å²) < 4.78 is 4.89. The van der Waals surface area contributed by atoms with E-state index in [1.54, 1.807) is 6.20 Å². The van der Waals surface area contributed by atoms with E-state index in [0.717, 1.165) is 5.76 Å². The molecule has 8 heavy (non-hydrogen) atoms. The molecule has 0 aliphatic carbocycles. The minimum absolute atomic E-state index is 0. The average molecular weight is 198 g/mol. The van der Waals surface area contributed by atoms with Crippen molar-refractivity contribution in [3.63, 3.8) is 0 Å². The Hall–Kier alpha value is -0.0200. The van der Waals surface area contributed by atoms with Gasteiger partial charge in [-0.2, -0.15) is 0 Å². The molecule has 1 aromatic rings. The highest BCUT2D eigenvalue weighted by atomic mass is 79.9. The molecule has 0 bridgehead atoms. The molecule has 0 unspecified atom stereocenters. The third kappa shape index (κ3) is 1.84. The van der Waals surface area contributed by atoms with Gasteiger partial charge in [-0.1, -0.05) is 0 Å². The summed E-state index contributed by atoms with van der Waals surface area (Å²) >= 11 is 3.05. The first-order valence-corrected chi connectivity index (χ1v) is 2.66. The van der Waals surface area contributed by atoms with E-state index >= 15 is 0 Å². The molecule has 4 heteroatoms. The molecule has 0 aliphatic heterocycles. The van der Waals surface area contributed by atoms with E-state index in [-0.39, 0.29) is 12.4 Å². The van der Waals surface area contributed by atoms with Gasteiger partial charge in [-0.05, 0) is 6.92 Å². The summed E-state index contributed by atoms with van der Waals surface area (Å²) in [6, 6.07) is 0. The lowest BCUT2D eigenvalue weighted by atomic mass is 10.6. The molecular formula is C4H5BrClNO. The number of aromatic nitrogens is 1. The average Bonchev–Trinajstić information content (AvgIpc) is 1.87. The van der Waals surface area contributed by atoms with Crippen molar-refractivity contribution in [2.24, 2.45) is 0 Å². The normalized spacial score (nSPS) is 8.25. The van der Waals surface area contributed by atoms with Gasteiger partial charge in [-0.15, -0.1) is 12.4 Å². The molecule has 0 aliphatic rings. The maximum Gasteiger partial charge on any atom is 0.264 e. The van der Waals surface area contributed by atoms with Crippen molar-refractivity contribution in [1.29, 1.82) is 0 Å². The van der Waals surface area contributed by atoms with Crippen molar-refractivity contribution in [2.75, 3.05) is 0 Å². The Morgan fingerprint density at radius 1 is 1.75 bits per heavy atom. The van der Waals surface area contributed by atoms with Crippen LogP contribution in [0.4, 0.5) is 0 Å². The van der Waals surface area contributed by atoms with Gasteiger partial charge in [-0.3, -0.25) is 0 Å². The number of hydrogen-bond acceptors (Lipinski definition) is 2. The Morgan fingerprint density at radius 3 is 2.50 bits per heavy atom. The third-order valence-corrected chi connectivity index (χ3v) is 0.960. The molecule has 1 rings (SSSR count). The van der Waals surface area contributed by atoms with E-state index < -0.39 is 0 Å². The first-order valence-electron chi connectivity index (χ1n) is 1.87. The van der Waals surface area contributed by atoms with Crippen molar-refractivity contribution >= 4 is 28.3 Å². The highest BCUT2D eigenvalue weighted by Crippen LogP contribution is 2.07.